The topological polar surface area (TPSA) is 83.5 Å². The summed E-state index contributed by atoms with van der Waals surface area (Å²) in [5, 5.41) is 13.9. The zero-order valence-electron chi connectivity index (χ0n) is 20.5. The first-order valence-electron chi connectivity index (χ1n) is 12.4. The number of hydrogen-bond donors (Lipinski definition) is 3. The molecule has 0 fully saturated rings. The van der Waals surface area contributed by atoms with Crippen molar-refractivity contribution < 1.29 is 14.6 Å². The van der Waals surface area contributed by atoms with E-state index in [0.29, 0.717) is 6.61 Å². The first kappa shape index (κ1) is 28.0. The second-order valence-electron chi connectivity index (χ2n) is 8.54. The molecule has 1 aliphatic heterocycles. The number of carbonyl (C=O) groups is 1. The fourth-order valence-corrected chi connectivity index (χ4v) is 3.78. The molecule has 0 saturated carbocycles. The van der Waals surface area contributed by atoms with Crippen LogP contribution in [0.1, 0.15) is 83.4 Å². The number of fused-ring (bicyclic) bond motifs is 1. The van der Waals surface area contributed by atoms with Gasteiger partial charge in [0.25, 0.3) is 0 Å². The van der Waals surface area contributed by atoms with Crippen molar-refractivity contribution >= 4 is 11.7 Å². The third-order valence-corrected chi connectivity index (χ3v) is 5.78. The van der Waals surface area contributed by atoms with Crippen molar-refractivity contribution in [1.82, 2.24) is 10.3 Å². The van der Waals surface area contributed by atoms with E-state index < -0.39 is 0 Å². The van der Waals surface area contributed by atoms with Crippen LogP contribution in [0.5, 0.6) is 0 Å². The Balaban J connectivity index is 0.00000161. The molecule has 1 amide bonds. The molecule has 1 aromatic rings. The Morgan fingerprint density at radius 1 is 1.28 bits per heavy atom. The number of carbonyl (C=O) groups excluding carboxylic acids is 1. The number of rotatable bonds is 14. The van der Waals surface area contributed by atoms with E-state index >= 15 is 0 Å². The van der Waals surface area contributed by atoms with Crippen LogP contribution in [-0.4, -0.2) is 41.8 Å². The number of aliphatic hydroxyl groups excluding tert-OH is 1. The lowest BCUT2D eigenvalue weighted by molar-refractivity contribution is -0.126. The number of amides is 1. The van der Waals surface area contributed by atoms with Crippen LogP contribution in [0.15, 0.2) is 25.0 Å². The predicted molar refractivity (Wildman–Crippen MR) is 133 cm³/mol. The second kappa shape index (κ2) is 17.5. The first-order chi connectivity index (χ1) is 15.5. The van der Waals surface area contributed by atoms with E-state index in [1.54, 1.807) is 0 Å². The lowest BCUT2D eigenvalue weighted by atomic mass is 9.98. The van der Waals surface area contributed by atoms with Crippen molar-refractivity contribution in [3.63, 3.8) is 0 Å². The van der Waals surface area contributed by atoms with E-state index in [1.807, 2.05) is 0 Å². The summed E-state index contributed by atoms with van der Waals surface area (Å²) < 4.78 is 5.78. The van der Waals surface area contributed by atoms with E-state index in [1.165, 1.54) is 17.7 Å². The number of aliphatic hydroxyl groups is 1. The molecule has 32 heavy (non-hydrogen) atoms. The van der Waals surface area contributed by atoms with Crippen LogP contribution in [0, 0.1) is 5.92 Å². The SMILES string of the molecule is C=CO.CCCCC(CC)C(=O)NC(C)CCOCCCCc1ccc2c(n1)NCCC2. The van der Waals surface area contributed by atoms with E-state index in [2.05, 4.69) is 50.1 Å². The largest absolute Gasteiger partial charge is 0.516 e. The summed E-state index contributed by atoms with van der Waals surface area (Å²) in [7, 11) is 0. The molecule has 0 aromatic carbocycles. The molecular weight excluding hydrogens is 402 g/mol. The Morgan fingerprint density at radius 2 is 2.06 bits per heavy atom. The average molecular weight is 448 g/mol. The van der Waals surface area contributed by atoms with Gasteiger partial charge in [-0.2, -0.15) is 0 Å². The fraction of sp³-hybridized carbons (Fsp3) is 0.692. The summed E-state index contributed by atoms with van der Waals surface area (Å²) in [6, 6.07) is 4.56. The van der Waals surface area contributed by atoms with Crippen LogP contribution in [0.3, 0.4) is 0 Å². The predicted octanol–water partition coefficient (Wildman–Crippen LogP) is 5.58. The van der Waals surface area contributed by atoms with Gasteiger partial charge in [-0.25, -0.2) is 4.98 Å². The van der Waals surface area contributed by atoms with Crippen molar-refractivity contribution in [3.8, 4) is 0 Å². The minimum Gasteiger partial charge on any atom is -0.516 e. The summed E-state index contributed by atoms with van der Waals surface area (Å²) in [5.74, 6) is 1.45. The average Bonchev–Trinajstić information content (AvgIpc) is 2.79. The molecule has 0 spiro atoms. The maximum atomic E-state index is 12.3. The van der Waals surface area contributed by atoms with Crippen LogP contribution in [0.2, 0.25) is 0 Å². The van der Waals surface area contributed by atoms with Gasteiger partial charge in [0.05, 0.1) is 6.26 Å². The van der Waals surface area contributed by atoms with Gasteiger partial charge in [0, 0.05) is 37.4 Å². The molecular formula is C26H45N3O3. The molecule has 182 valence electrons. The molecule has 2 heterocycles. The van der Waals surface area contributed by atoms with Crippen molar-refractivity contribution in [2.45, 2.75) is 91.0 Å². The highest BCUT2D eigenvalue weighted by molar-refractivity contribution is 5.78. The minimum absolute atomic E-state index is 0.158. The highest BCUT2D eigenvalue weighted by Gasteiger charge is 2.17. The molecule has 0 aliphatic carbocycles. The molecule has 6 nitrogen and oxygen atoms in total. The maximum Gasteiger partial charge on any atom is 0.223 e. The van der Waals surface area contributed by atoms with Gasteiger partial charge >= 0.3 is 0 Å². The van der Waals surface area contributed by atoms with Gasteiger partial charge in [-0.05, 0) is 69.9 Å². The van der Waals surface area contributed by atoms with E-state index in [4.69, 9.17) is 14.8 Å². The number of aryl methyl sites for hydroxylation is 2. The minimum atomic E-state index is 0.158. The standard InChI is InChI=1S/C24H41N3O2.C2H4O/c1-4-6-10-20(5-2)24(28)26-19(3)15-18-29-17-8-7-12-22-14-13-21-11-9-16-25-23(21)27-22;1-2-3/h13-14,19-20H,4-12,15-18H2,1-3H3,(H,25,27)(H,26,28);2-3H,1H2. The molecule has 2 rings (SSSR count). The number of nitrogens with zero attached hydrogens (tertiary/aromatic N) is 1. The highest BCUT2D eigenvalue weighted by Crippen LogP contribution is 2.20. The van der Waals surface area contributed by atoms with Crippen LogP contribution in [-0.2, 0) is 22.4 Å². The number of pyridine rings is 1. The smallest absolute Gasteiger partial charge is 0.223 e. The Morgan fingerprint density at radius 3 is 2.78 bits per heavy atom. The Bertz CT molecular complexity index is 651. The molecule has 0 bridgehead atoms. The lowest BCUT2D eigenvalue weighted by Crippen LogP contribution is -2.37. The molecule has 2 atom stereocenters. The Labute approximate surface area is 195 Å². The second-order valence-corrected chi connectivity index (χ2v) is 8.54. The van der Waals surface area contributed by atoms with Crippen molar-refractivity contribution in [2.24, 2.45) is 5.92 Å². The van der Waals surface area contributed by atoms with Crippen molar-refractivity contribution in [2.75, 3.05) is 25.1 Å². The summed E-state index contributed by atoms with van der Waals surface area (Å²) in [6.07, 6.45) is 11.3. The number of ether oxygens (including phenoxy) is 1. The van der Waals surface area contributed by atoms with Crippen LogP contribution >= 0.6 is 0 Å². The van der Waals surface area contributed by atoms with Gasteiger partial charge in [-0.3, -0.25) is 4.79 Å². The molecule has 6 heteroatoms. The summed E-state index contributed by atoms with van der Waals surface area (Å²) in [4.78, 5) is 17.1. The Kier molecular flexibility index (Phi) is 15.3. The summed E-state index contributed by atoms with van der Waals surface area (Å²) in [5.41, 5.74) is 2.52. The summed E-state index contributed by atoms with van der Waals surface area (Å²) >= 11 is 0. The molecule has 1 aromatic heterocycles. The number of anilines is 1. The van der Waals surface area contributed by atoms with Crippen LogP contribution < -0.4 is 10.6 Å². The van der Waals surface area contributed by atoms with Gasteiger partial charge in [-0.15, -0.1) is 0 Å². The van der Waals surface area contributed by atoms with E-state index in [0.717, 1.165) is 83.0 Å². The fourth-order valence-electron chi connectivity index (χ4n) is 3.78. The third-order valence-electron chi connectivity index (χ3n) is 5.78. The number of nitrogens with one attached hydrogen (secondary N) is 2. The van der Waals surface area contributed by atoms with Crippen LogP contribution in [0.25, 0.3) is 0 Å². The maximum absolute atomic E-state index is 12.3. The molecule has 0 radical (unpaired) electrons. The zero-order chi connectivity index (χ0) is 23.6. The Hall–Kier alpha value is -2.08. The van der Waals surface area contributed by atoms with E-state index in [-0.39, 0.29) is 17.9 Å². The third kappa shape index (κ3) is 11.5. The monoisotopic (exact) mass is 447 g/mol. The van der Waals surface area contributed by atoms with Gasteiger partial charge in [0.15, 0.2) is 0 Å². The normalized spacial score (nSPS) is 14.2. The molecule has 0 saturated heterocycles. The number of aromatic nitrogens is 1. The van der Waals surface area contributed by atoms with Crippen molar-refractivity contribution in [3.05, 3.63) is 36.2 Å². The lowest BCUT2D eigenvalue weighted by Gasteiger charge is -2.19. The van der Waals surface area contributed by atoms with Crippen LogP contribution in [0.4, 0.5) is 5.82 Å². The van der Waals surface area contributed by atoms with Gasteiger partial charge in [-0.1, -0.05) is 39.3 Å². The van der Waals surface area contributed by atoms with Gasteiger partial charge in [0.1, 0.15) is 5.82 Å². The van der Waals surface area contributed by atoms with Crippen molar-refractivity contribution in [1.29, 1.82) is 0 Å². The van der Waals surface area contributed by atoms with E-state index in [9.17, 15) is 4.79 Å². The first-order valence-corrected chi connectivity index (χ1v) is 12.4. The van der Waals surface area contributed by atoms with Gasteiger partial charge < -0.3 is 20.5 Å². The van der Waals surface area contributed by atoms with Gasteiger partial charge in [0.2, 0.25) is 5.91 Å². The molecule has 3 N–H and O–H groups in total. The molecule has 1 aliphatic rings. The zero-order valence-corrected chi connectivity index (χ0v) is 20.5. The summed E-state index contributed by atoms with van der Waals surface area (Å²) in [6.45, 7) is 11.8. The number of hydrogen-bond acceptors (Lipinski definition) is 5. The highest BCUT2D eigenvalue weighted by atomic mass is 16.5. The molecule has 2 unspecified atom stereocenters. The quantitative estimate of drug-likeness (QED) is 0.256. The number of unbranched alkanes of at least 4 members (excludes halogenated alkanes) is 2.